The SMILES string of the molecule is CCCCCCC(C)(CC)Oc1cnc(C)nc1. The van der Waals surface area contributed by atoms with E-state index in [9.17, 15) is 0 Å². The van der Waals surface area contributed by atoms with Crippen molar-refractivity contribution in [2.45, 2.75) is 71.8 Å². The van der Waals surface area contributed by atoms with Crippen molar-refractivity contribution in [1.82, 2.24) is 9.97 Å². The molecule has 0 aliphatic heterocycles. The van der Waals surface area contributed by atoms with Gasteiger partial charge in [0.05, 0.1) is 12.4 Å². The lowest BCUT2D eigenvalue weighted by atomic mass is 9.95. The van der Waals surface area contributed by atoms with Gasteiger partial charge in [0.1, 0.15) is 11.4 Å². The molecule has 0 radical (unpaired) electrons. The Hall–Kier alpha value is -1.12. The molecule has 1 aromatic rings. The molecule has 0 aliphatic rings. The highest BCUT2D eigenvalue weighted by Gasteiger charge is 2.23. The van der Waals surface area contributed by atoms with Gasteiger partial charge < -0.3 is 4.74 Å². The van der Waals surface area contributed by atoms with Gasteiger partial charge in [0.2, 0.25) is 0 Å². The molecule has 3 nitrogen and oxygen atoms in total. The van der Waals surface area contributed by atoms with Crippen LogP contribution in [-0.4, -0.2) is 15.6 Å². The van der Waals surface area contributed by atoms with Crippen LogP contribution in [0.4, 0.5) is 0 Å². The Balaban J connectivity index is 2.50. The molecule has 102 valence electrons. The predicted octanol–water partition coefficient (Wildman–Crippen LogP) is 4.30. The summed E-state index contributed by atoms with van der Waals surface area (Å²) in [6, 6.07) is 0. The fraction of sp³-hybridized carbons (Fsp3) is 0.733. The number of aryl methyl sites for hydroxylation is 1. The van der Waals surface area contributed by atoms with Gasteiger partial charge in [-0.05, 0) is 33.1 Å². The number of ether oxygens (including phenoxy) is 1. The van der Waals surface area contributed by atoms with E-state index in [2.05, 4.69) is 30.7 Å². The second-order valence-corrected chi connectivity index (χ2v) is 5.18. The van der Waals surface area contributed by atoms with Crippen LogP contribution in [-0.2, 0) is 0 Å². The first-order chi connectivity index (χ1) is 8.59. The van der Waals surface area contributed by atoms with E-state index < -0.39 is 0 Å². The molecule has 3 heteroatoms. The van der Waals surface area contributed by atoms with Crippen LogP contribution in [0.1, 0.15) is 65.1 Å². The smallest absolute Gasteiger partial charge is 0.156 e. The third-order valence-corrected chi connectivity index (χ3v) is 3.43. The number of rotatable bonds is 8. The molecule has 0 saturated carbocycles. The third kappa shape index (κ3) is 5.03. The van der Waals surface area contributed by atoms with Crippen molar-refractivity contribution in [3.63, 3.8) is 0 Å². The van der Waals surface area contributed by atoms with Crippen LogP contribution in [0, 0.1) is 6.92 Å². The van der Waals surface area contributed by atoms with E-state index in [1.165, 1.54) is 25.7 Å². The van der Waals surface area contributed by atoms with Crippen molar-refractivity contribution in [3.05, 3.63) is 18.2 Å². The van der Waals surface area contributed by atoms with E-state index in [4.69, 9.17) is 4.74 Å². The standard InChI is InChI=1S/C15H26N2O/c1-5-7-8-9-10-15(4,6-2)18-14-11-16-13(3)17-12-14/h11-12H,5-10H2,1-4H3. The molecule has 1 atom stereocenters. The van der Waals surface area contributed by atoms with Gasteiger partial charge in [-0.2, -0.15) is 0 Å². The van der Waals surface area contributed by atoms with Crippen molar-refractivity contribution >= 4 is 0 Å². The monoisotopic (exact) mass is 250 g/mol. The summed E-state index contributed by atoms with van der Waals surface area (Å²) in [6.07, 6.45) is 10.7. The second kappa shape index (κ2) is 7.34. The summed E-state index contributed by atoms with van der Waals surface area (Å²) in [5, 5.41) is 0. The molecule has 0 bridgehead atoms. The zero-order chi connectivity index (χ0) is 13.4. The highest BCUT2D eigenvalue weighted by atomic mass is 16.5. The maximum Gasteiger partial charge on any atom is 0.156 e. The number of aromatic nitrogens is 2. The summed E-state index contributed by atoms with van der Waals surface area (Å²) < 4.78 is 6.06. The quantitative estimate of drug-likeness (QED) is 0.645. The zero-order valence-corrected chi connectivity index (χ0v) is 12.2. The Bertz CT molecular complexity index is 337. The van der Waals surface area contributed by atoms with Crippen LogP contribution >= 0.6 is 0 Å². The Morgan fingerprint density at radius 1 is 1.11 bits per heavy atom. The van der Waals surface area contributed by atoms with Crippen molar-refractivity contribution in [3.8, 4) is 5.75 Å². The highest BCUT2D eigenvalue weighted by molar-refractivity contribution is 5.13. The largest absolute Gasteiger partial charge is 0.484 e. The predicted molar refractivity (Wildman–Crippen MR) is 74.9 cm³/mol. The first kappa shape index (κ1) is 14.9. The first-order valence-corrected chi connectivity index (χ1v) is 7.07. The zero-order valence-electron chi connectivity index (χ0n) is 12.2. The lowest BCUT2D eigenvalue weighted by Crippen LogP contribution is -2.31. The molecule has 1 aromatic heterocycles. The van der Waals surface area contributed by atoms with Gasteiger partial charge in [0, 0.05) is 0 Å². The first-order valence-electron chi connectivity index (χ1n) is 7.07. The molecule has 0 aliphatic carbocycles. The van der Waals surface area contributed by atoms with E-state index in [1.54, 1.807) is 12.4 Å². The minimum atomic E-state index is -0.0909. The molecule has 0 aromatic carbocycles. The maximum absolute atomic E-state index is 6.06. The molecule has 0 N–H and O–H groups in total. The fourth-order valence-electron chi connectivity index (χ4n) is 1.94. The van der Waals surface area contributed by atoms with Gasteiger partial charge >= 0.3 is 0 Å². The van der Waals surface area contributed by atoms with Crippen LogP contribution in [0.25, 0.3) is 0 Å². The number of hydrogen-bond donors (Lipinski definition) is 0. The van der Waals surface area contributed by atoms with Crippen molar-refractivity contribution in [2.24, 2.45) is 0 Å². The summed E-state index contributed by atoms with van der Waals surface area (Å²) in [5.41, 5.74) is -0.0909. The molecule has 0 amide bonds. The van der Waals surface area contributed by atoms with Crippen molar-refractivity contribution in [1.29, 1.82) is 0 Å². The number of unbranched alkanes of at least 4 members (excludes halogenated alkanes) is 3. The van der Waals surface area contributed by atoms with E-state index in [-0.39, 0.29) is 5.60 Å². The minimum absolute atomic E-state index is 0.0909. The normalized spacial score (nSPS) is 14.2. The average molecular weight is 250 g/mol. The Labute approximate surface area is 111 Å². The van der Waals surface area contributed by atoms with Gasteiger partial charge in [0.15, 0.2) is 5.75 Å². The topological polar surface area (TPSA) is 35.0 Å². The second-order valence-electron chi connectivity index (χ2n) is 5.18. The maximum atomic E-state index is 6.06. The number of nitrogens with zero attached hydrogens (tertiary/aromatic N) is 2. The van der Waals surface area contributed by atoms with Crippen LogP contribution in [0.15, 0.2) is 12.4 Å². The van der Waals surface area contributed by atoms with Gasteiger partial charge in [-0.15, -0.1) is 0 Å². The Morgan fingerprint density at radius 2 is 1.78 bits per heavy atom. The molecule has 0 saturated heterocycles. The van der Waals surface area contributed by atoms with Crippen molar-refractivity contribution < 1.29 is 4.74 Å². The van der Waals surface area contributed by atoms with Crippen LogP contribution in [0.5, 0.6) is 5.75 Å². The van der Waals surface area contributed by atoms with Gasteiger partial charge in [-0.3, -0.25) is 0 Å². The molecular weight excluding hydrogens is 224 g/mol. The van der Waals surface area contributed by atoms with Crippen molar-refractivity contribution in [2.75, 3.05) is 0 Å². The molecular formula is C15H26N2O. The van der Waals surface area contributed by atoms with E-state index >= 15 is 0 Å². The minimum Gasteiger partial charge on any atom is -0.484 e. The van der Waals surface area contributed by atoms with E-state index in [0.717, 1.165) is 24.4 Å². The molecule has 0 fully saturated rings. The summed E-state index contributed by atoms with van der Waals surface area (Å²) in [5.74, 6) is 1.56. The van der Waals surface area contributed by atoms with Gasteiger partial charge in [-0.25, -0.2) is 9.97 Å². The van der Waals surface area contributed by atoms with Gasteiger partial charge in [0.25, 0.3) is 0 Å². The highest BCUT2D eigenvalue weighted by Crippen LogP contribution is 2.25. The lowest BCUT2D eigenvalue weighted by Gasteiger charge is -2.29. The number of hydrogen-bond acceptors (Lipinski definition) is 3. The summed E-state index contributed by atoms with van der Waals surface area (Å²) >= 11 is 0. The molecule has 1 heterocycles. The average Bonchev–Trinajstić information content (AvgIpc) is 2.38. The van der Waals surface area contributed by atoms with Crippen LogP contribution in [0.3, 0.4) is 0 Å². The molecule has 18 heavy (non-hydrogen) atoms. The summed E-state index contributed by atoms with van der Waals surface area (Å²) in [4.78, 5) is 8.34. The fourth-order valence-corrected chi connectivity index (χ4v) is 1.94. The van der Waals surface area contributed by atoms with Crippen LogP contribution < -0.4 is 4.74 Å². The van der Waals surface area contributed by atoms with E-state index in [1.807, 2.05) is 6.92 Å². The Kier molecular flexibility index (Phi) is 6.10. The molecule has 1 rings (SSSR count). The van der Waals surface area contributed by atoms with Gasteiger partial charge in [-0.1, -0.05) is 33.1 Å². The summed E-state index contributed by atoms with van der Waals surface area (Å²) in [6.45, 7) is 8.47. The molecule has 1 unspecified atom stereocenters. The summed E-state index contributed by atoms with van der Waals surface area (Å²) in [7, 11) is 0. The third-order valence-electron chi connectivity index (χ3n) is 3.43. The van der Waals surface area contributed by atoms with E-state index in [0.29, 0.717) is 0 Å². The molecule has 0 spiro atoms. The lowest BCUT2D eigenvalue weighted by molar-refractivity contribution is 0.0709. The van der Waals surface area contributed by atoms with Crippen LogP contribution in [0.2, 0.25) is 0 Å². The Morgan fingerprint density at radius 3 is 2.33 bits per heavy atom.